The minimum absolute atomic E-state index is 0.423. The number of thiophene rings is 1. The minimum Gasteiger partial charge on any atom is -0.404 e. The highest BCUT2D eigenvalue weighted by atomic mass is 32.1. The summed E-state index contributed by atoms with van der Waals surface area (Å²) in [6.45, 7) is 8.97. The van der Waals surface area contributed by atoms with Gasteiger partial charge in [0, 0.05) is 40.3 Å². The number of likely N-dealkylation sites (tertiary alicyclic amines) is 1. The van der Waals surface area contributed by atoms with E-state index in [1.807, 2.05) is 29.2 Å². The third-order valence-corrected chi connectivity index (χ3v) is 6.83. The summed E-state index contributed by atoms with van der Waals surface area (Å²) in [5.41, 5.74) is 9.88. The van der Waals surface area contributed by atoms with Crippen LogP contribution in [0.2, 0.25) is 0 Å². The summed E-state index contributed by atoms with van der Waals surface area (Å²) >= 11 is 1.66. The van der Waals surface area contributed by atoms with Crippen LogP contribution >= 0.6 is 11.3 Å². The number of rotatable bonds is 9. The quantitative estimate of drug-likeness (QED) is 0.268. The molecule has 0 amide bonds. The molecule has 4 rings (SSSR count). The fourth-order valence-corrected chi connectivity index (χ4v) is 4.80. The SMILES string of the molecule is C=N/C=C\C(=NCc1ccc2cc(C(=C)N3CC(F)C3)sc2c1)Nc1ccc(/C(C=N)=C/N)cc1. The lowest BCUT2D eigenvalue weighted by atomic mass is 10.1. The van der Waals surface area contributed by atoms with Crippen molar-refractivity contribution >= 4 is 57.1 Å². The molecule has 0 aliphatic carbocycles. The molecule has 2 aromatic carbocycles. The van der Waals surface area contributed by atoms with Crippen LogP contribution in [-0.4, -0.2) is 42.9 Å². The normalized spacial score (nSPS) is 14.8. The minimum atomic E-state index is -0.751. The Labute approximate surface area is 208 Å². The van der Waals surface area contributed by atoms with Gasteiger partial charge in [0.25, 0.3) is 0 Å². The van der Waals surface area contributed by atoms with Gasteiger partial charge in [0.2, 0.25) is 0 Å². The van der Waals surface area contributed by atoms with E-state index in [2.05, 4.69) is 47.9 Å². The van der Waals surface area contributed by atoms with E-state index in [0.29, 0.717) is 31.0 Å². The molecule has 0 atom stereocenters. The second-order valence-corrected chi connectivity index (χ2v) is 9.18. The number of hydrogen-bond acceptors (Lipinski definition) is 6. The van der Waals surface area contributed by atoms with Gasteiger partial charge in [0.1, 0.15) is 12.0 Å². The van der Waals surface area contributed by atoms with Gasteiger partial charge in [-0.15, -0.1) is 11.3 Å². The molecule has 1 aromatic heterocycles. The van der Waals surface area contributed by atoms with Crippen molar-refractivity contribution in [2.45, 2.75) is 12.7 Å². The summed E-state index contributed by atoms with van der Waals surface area (Å²) < 4.78 is 14.4. The van der Waals surface area contributed by atoms with Gasteiger partial charge >= 0.3 is 0 Å². The lowest BCUT2D eigenvalue weighted by Crippen LogP contribution is -2.46. The fourth-order valence-electron chi connectivity index (χ4n) is 3.67. The second-order valence-electron chi connectivity index (χ2n) is 8.10. The van der Waals surface area contributed by atoms with Gasteiger partial charge in [-0.1, -0.05) is 30.8 Å². The average Bonchev–Trinajstić information content (AvgIpc) is 3.28. The molecule has 0 saturated carbocycles. The first-order valence-electron chi connectivity index (χ1n) is 11.1. The summed E-state index contributed by atoms with van der Waals surface area (Å²) in [5, 5.41) is 11.9. The van der Waals surface area contributed by atoms with Crippen LogP contribution < -0.4 is 11.1 Å². The fraction of sp³-hybridized carbons (Fsp3) is 0.148. The Balaban J connectivity index is 1.49. The number of alkyl halides is 1. The molecule has 0 spiro atoms. The molecular formula is C27H27FN6S. The number of nitrogens with two attached hydrogens (primary N) is 1. The molecule has 3 aromatic rings. The summed E-state index contributed by atoms with van der Waals surface area (Å²) in [4.78, 5) is 11.6. The number of nitrogens with one attached hydrogen (secondary N) is 2. The molecular weight excluding hydrogens is 459 g/mol. The topological polar surface area (TPSA) is 89.9 Å². The molecule has 1 aliphatic rings. The van der Waals surface area contributed by atoms with Crippen molar-refractivity contribution in [3.63, 3.8) is 0 Å². The number of hydrogen-bond donors (Lipinski definition) is 3. The summed E-state index contributed by atoms with van der Waals surface area (Å²) in [6, 6.07) is 16.0. The smallest absolute Gasteiger partial charge is 0.135 e. The molecule has 1 saturated heterocycles. The monoisotopic (exact) mass is 486 g/mol. The van der Waals surface area contributed by atoms with E-state index in [1.165, 1.54) is 12.4 Å². The van der Waals surface area contributed by atoms with Crippen LogP contribution in [0.15, 0.2) is 83.6 Å². The van der Waals surface area contributed by atoms with Crippen LogP contribution in [0.25, 0.3) is 21.4 Å². The molecule has 2 heterocycles. The number of nitrogens with zero attached hydrogens (tertiary/aromatic N) is 3. The van der Waals surface area contributed by atoms with Gasteiger partial charge in [-0.2, -0.15) is 0 Å². The van der Waals surface area contributed by atoms with Crippen LogP contribution in [-0.2, 0) is 6.54 Å². The summed E-state index contributed by atoms with van der Waals surface area (Å²) in [6.07, 6.45) is 5.23. The molecule has 35 heavy (non-hydrogen) atoms. The molecule has 178 valence electrons. The largest absolute Gasteiger partial charge is 0.404 e. The van der Waals surface area contributed by atoms with Gasteiger partial charge < -0.3 is 21.4 Å². The van der Waals surface area contributed by atoms with Gasteiger partial charge in [-0.3, -0.25) is 9.98 Å². The van der Waals surface area contributed by atoms with Gasteiger partial charge in [-0.05, 0) is 53.6 Å². The van der Waals surface area contributed by atoms with Crippen molar-refractivity contribution in [1.29, 1.82) is 5.41 Å². The third-order valence-electron chi connectivity index (χ3n) is 5.68. The Morgan fingerprint density at radius 3 is 2.66 bits per heavy atom. The summed E-state index contributed by atoms with van der Waals surface area (Å²) in [5.74, 6) is 0.644. The third kappa shape index (κ3) is 5.73. The Kier molecular flexibility index (Phi) is 7.52. The molecule has 1 aliphatic heterocycles. The van der Waals surface area contributed by atoms with Gasteiger partial charge in [-0.25, -0.2) is 4.39 Å². The van der Waals surface area contributed by atoms with Crippen molar-refractivity contribution in [2.24, 2.45) is 15.7 Å². The zero-order valence-electron chi connectivity index (χ0n) is 19.2. The van der Waals surface area contributed by atoms with Crippen molar-refractivity contribution in [2.75, 3.05) is 18.4 Å². The number of amidine groups is 1. The van der Waals surface area contributed by atoms with Crippen molar-refractivity contribution in [3.05, 3.63) is 89.6 Å². The van der Waals surface area contributed by atoms with Crippen molar-refractivity contribution in [1.82, 2.24) is 4.90 Å². The van der Waals surface area contributed by atoms with E-state index in [0.717, 1.165) is 37.5 Å². The van der Waals surface area contributed by atoms with Crippen LogP contribution in [0.5, 0.6) is 0 Å². The standard InChI is InChI=1S/C27H27FN6S/c1-18(34-16-23(28)17-34)25-12-21-4-3-19(11-26(21)35-25)15-32-27(9-10-31-2)33-24-7-5-20(6-8-24)22(13-29)14-30/h3-14,23,29H,1-2,15-17,30H2,(H,32,33)/b10-9-,22-14+,29-13?. The molecule has 6 nitrogen and oxygen atoms in total. The van der Waals surface area contributed by atoms with E-state index in [-0.39, 0.29) is 0 Å². The zero-order chi connectivity index (χ0) is 24.8. The maximum Gasteiger partial charge on any atom is 0.135 e. The highest BCUT2D eigenvalue weighted by Gasteiger charge is 2.28. The lowest BCUT2D eigenvalue weighted by molar-refractivity contribution is 0.122. The van der Waals surface area contributed by atoms with Gasteiger partial charge in [0.15, 0.2) is 0 Å². The molecule has 0 radical (unpaired) electrons. The number of fused-ring (bicyclic) bond motifs is 1. The van der Waals surface area contributed by atoms with E-state index < -0.39 is 6.17 Å². The van der Waals surface area contributed by atoms with Crippen molar-refractivity contribution < 1.29 is 4.39 Å². The maximum absolute atomic E-state index is 13.2. The Morgan fingerprint density at radius 2 is 2.00 bits per heavy atom. The Morgan fingerprint density at radius 1 is 1.23 bits per heavy atom. The number of halogens is 1. The molecule has 4 N–H and O–H groups in total. The lowest BCUT2D eigenvalue weighted by Gasteiger charge is -2.37. The van der Waals surface area contributed by atoms with Crippen LogP contribution in [0.1, 0.15) is 16.0 Å². The number of anilines is 1. The molecule has 0 unspecified atom stereocenters. The number of aliphatic imine (C=N–C) groups is 2. The first kappa shape index (κ1) is 24.1. The highest BCUT2D eigenvalue weighted by Crippen LogP contribution is 2.34. The average molecular weight is 487 g/mol. The second kappa shape index (κ2) is 10.9. The van der Waals surface area contributed by atoms with Crippen LogP contribution in [0.4, 0.5) is 10.1 Å². The van der Waals surface area contributed by atoms with Gasteiger partial charge in [0.05, 0.1) is 24.5 Å². The molecule has 8 heteroatoms. The Bertz CT molecular complexity index is 1330. The predicted octanol–water partition coefficient (Wildman–Crippen LogP) is 5.70. The van der Waals surface area contributed by atoms with Crippen LogP contribution in [0.3, 0.4) is 0 Å². The molecule has 0 bridgehead atoms. The number of benzene rings is 2. The van der Waals surface area contributed by atoms with E-state index in [4.69, 9.17) is 16.1 Å². The summed E-state index contributed by atoms with van der Waals surface area (Å²) in [7, 11) is 0. The number of allylic oxidation sites excluding steroid dienone is 1. The zero-order valence-corrected chi connectivity index (χ0v) is 20.1. The maximum atomic E-state index is 13.2. The van der Waals surface area contributed by atoms with Crippen LogP contribution in [0, 0.1) is 5.41 Å². The molecule has 1 fully saturated rings. The first-order chi connectivity index (χ1) is 17.0. The first-order valence-corrected chi connectivity index (χ1v) is 11.9. The predicted molar refractivity (Wildman–Crippen MR) is 148 cm³/mol. The van der Waals surface area contributed by atoms with E-state index >= 15 is 0 Å². The Hall–Kier alpha value is -4.04. The van der Waals surface area contributed by atoms with Crippen molar-refractivity contribution in [3.8, 4) is 0 Å². The van der Waals surface area contributed by atoms with E-state index in [9.17, 15) is 4.39 Å². The van der Waals surface area contributed by atoms with E-state index in [1.54, 1.807) is 23.6 Å². The highest BCUT2D eigenvalue weighted by molar-refractivity contribution is 7.20.